The number of nitrogens with zero attached hydrogens (tertiary/aromatic N) is 2. The lowest BCUT2D eigenvalue weighted by Gasteiger charge is -2.17. The summed E-state index contributed by atoms with van der Waals surface area (Å²) in [6.45, 7) is 4.35. The maximum atomic E-state index is 5.87. The van der Waals surface area contributed by atoms with Gasteiger partial charge in [0.25, 0.3) is 0 Å². The molecule has 0 bridgehead atoms. The van der Waals surface area contributed by atoms with Crippen molar-refractivity contribution in [3.8, 4) is 0 Å². The highest BCUT2D eigenvalue weighted by Crippen LogP contribution is 2.45. The third kappa shape index (κ3) is 1.09. The van der Waals surface area contributed by atoms with Crippen molar-refractivity contribution in [2.24, 2.45) is 17.6 Å². The Labute approximate surface area is 81.6 Å². The van der Waals surface area contributed by atoms with Gasteiger partial charge in [-0.25, -0.2) is 4.98 Å². The SMILES string of the molecule is Cc1cnc(N2CC3C(N)C3C2)s1. The van der Waals surface area contributed by atoms with Gasteiger partial charge in [0.15, 0.2) is 5.13 Å². The van der Waals surface area contributed by atoms with Crippen molar-refractivity contribution in [2.75, 3.05) is 18.0 Å². The minimum atomic E-state index is 0.484. The van der Waals surface area contributed by atoms with E-state index in [4.69, 9.17) is 5.73 Å². The fourth-order valence-electron chi connectivity index (χ4n) is 2.22. The van der Waals surface area contributed by atoms with E-state index in [1.165, 1.54) is 10.0 Å². The first kappa shape index (κ1) is 7.76. The fraction of sp³-hybridized carbons (Fsp3) is 0.667. The van der Waals surface area contributed by atoms with E-state index < -0.39 is 0 Å². The molecular formula is C9H13N3S. The molecule has 1 aromatic heterocycles. The molecule has 2 N–H and O–H groups in total. The lowest BCUT2D eigenvalue weighted by molar-refractivity contribution is 0.741. The average Bonchev–Trinajstić information content (AvgIpc) is 2.62. The number of fused-ring (bicyclic) bond motifs is 1. The normalized spacial score (nSPS) is 36.5. The smallest absolute Gasteiger partial charge is 0.185 e. The largest absolute Gasteiger partial charge is 0.347 e. The molecule has 2 unspecified atom stereocenters. The first-order chi connectivity index (χ1) is 6.25. The number of thiazole rings is 1. The molecule has 0 radical (unpaired) electrons. The van der Waals surface area contributed by atoms with Gasteiger partial charge < -0.3 is 10.6 Å². The van der Waals surface area contributed by atoms with Crippen LogP contribution in [0, 0.1) is 18.8 Å². The van der Waals surface area contributed by atoms with Gasteiger partial charge in [-0.05, 0) is 18.8 Å². The Balaban J connectivity index is 1.76. The Bertz CT molecular complexity index is 323. The number of hydrogen-bond donors (Lipinski definition) is 1. The second-order valence-corrected chi connectivity index (χ2v) is 5.28. The van der Waals surface area contributed by atoms with Crippen molar-refractivity contribution < 1.29 is 0 Å². The number of aromatic nitrogens is 1. The summed E-state index contributed by atoms with van der Waals surface area (Å²) in [5.41, 5.74) is 5.87. The van der Waals surface area contributed by atoms with Gasteiger partial charge in [0.1, 0.15) is 0 Å². The van der Waals surface area contributed by atoms with Crippen LogP contribution in [0.1, 0.15) is 4.88 Å². The second-order valence-electron chi connectivity index (χ2n) is 4.06. The summed E-state index contributed by atoms with van der Waals surface area (Å²) in [6.07, 6.45) is 1.95. The highest BCUT2D eigenvalue weighted by atomic mass is 32.1. The van der Waals surface area contributed by atoms with Crippen LogP contribution in [0.5, 0.6) is 0 Å². The molecule has 2 heterocycles. The Kier molecular flexibility index (Phi) is 1.46. The van der Waals surface area contributed by atoms with E-state index in [-0.39, 0.29) is 0 Å². The van der Waals surface area contributed by atoms with Crippen LogP contribution in [-0.4, -0.2) is 24.1 Å². The number of piperidine rings is 1. The molecule has 1 aliphatic heterocycles. The van der Waals surface area contributed by atoms with Crippen LogP contribution < -0.4 is 10.6 Å². The molecule has 0 aromatic carbocycles. The highest BCUT2D eigenvalue weighted by molar-refractivity contribution is 7.15. The van der Waals surface area contributed by atoms with E-state index in [0.29, 0.717) is 6.04 Å². The Hall–Kier alpha value is -0.610. The van der Waals surface area contributed by atoms with Crippen LogP contribution >= 0.6 is 11.3 Å². The number of nitrogens with two attached hydrogens (primary N) is 1. The molecule has 2 atom stereocenters. The van der Waals surface area contributed by atoms with Gasteiger partial charge in [0.05, 0.1) is 0 Å². The van der Waals surface area contributed by atoms with Gasteiger partial charge in [-0.1, -0.05) is 0 Å². The van der Waals surface area contributed by atoms with E-state index in [0.717, 1.165) is 24.9 Å². The van der Waals surface area contributed by atoms with E-state index in [1.54, 1.807) is 11.3 Å². The zero-order valence-electron chi connectivity index (χ0n) is 7.60. The molecule has 2 aliphatic rings. The van der Waals surface area contributed by atoms with Crippen molar-refractivity contribution in [1.29, 1.82) is 0 Å². The van der Waals surface area contributed by atoms with E-state index in [1.807, 2.05) is 6.20 Å². The highest BCUT2D eigenvalue weighted by Gasteiger charge is 2.54. The van der Waals surface area contributed by atoms with Gasteiger partial charge in [0, 0.05) is 30.2 Å². The van der Waals surface area contributed by atoms with Crippen molar-refractivity contribution >= 4 is 16.5 Å². The summed E-state index contributed by atoms with van der Waals surface area (Å²) in [7, 11) is 0. The minimum absolute atomic E-state index is 0.484. The second kappa shape index (κ2) is 2.45. The number of aryl methyl sites for hydroxylation is 1. The average molecular weight is 195 g/mol. The van der Waals surface area contributed by atoms with Gasteiger partial charge >= 0.3 is 0 Å². The molecule has 0 spiro atoms. The summed E-state index contributed by atoms with van der Waals surface area (Å²) in [5, 5.41) is 1.18. The van der Waals surface area contributed by atoms with Crippen LogP contribution in [-0.2, 0) is 0 Å². The molecule has 1 saturated carbocycles. The van der Waals surface area contributed by atoms with Gasteiger partial charge in [-0.2, -0.15) is 0 Å². The third-order valence-electron chi connectivity index (χ3n) is 3.14. The topological polar surface area (TPSA) is 42.2 Å². The first-order valence-corrected chi connectivity index (χ1v) is 5.50. The lowest BCUT2D eigenvalue weighted by Crippen LogP contribution is -2.27. The molecule has 1 saturated heterocycles. The maximum absolute atomic E-state index is 5.87. The number of hydrogen-bond acceptors (Lipinski definition) is 4. The van der Waals surface area contributed by atoms with E-state index in [2.05, 4.69) is 16.8 Å². The van der Waals surface area contributed by atoms with Crippen molar-refractivity contribution in [2.45, 2.75) is 13.0 Å². The summed E-state index contributed by atoms with van der Waals surface area (Å²) in [4.78, 5) is 8.04. The monoisotopic (exact) mass is 195 g/mol. The number of anilines is 1. The molecule has 0 amide bonds. The molecule has 70 valence electrons. The molecular weight excluding hydrogens is 182 g/mol. The third-order valence-corrected chi connectivity index (χ3v) is 4.11. The van der Waals surface area contributed by atoms with Crippen molar-refractivity contribution in [3.63, 3.8) is 0 Å². The zero-order valence-corrected chi connectivity index (χ0v) is 8.42. The Morgan fingerprint density at radius 3 is 2.77 bits per heavy atom. The maximum Gasteiger partial charge on any atom is 0.185 e. The van der Waals surface area contributed by atoms with Crippen molar-refractivity contribution in [3.05, 3.63) is 11.1 Å². The van der Waals surface area contributed by atoms with Crippen LogP contribution in [0.3, 0.4) is 0 Å². The first-order valence-electron chi connectivity index (χ1n) is 4.68. The zero-order chi connectivity index (χ0) is 9.00. The predicted molar refractivity (Wildman–Crippen MR) is 54.0 cm³/mol. The summed E-state index contributed by atoms with van der Waals surface area (Å²) >= 11 is 1.78. The van der Waals surface area contributed by atoms with Gasteiger partial charge in [-0.15, -0.1) is 11.3 Å². The molecule has 3 rings (SSSR count). The standard InChI is InChI=1S/C9H13N3S/c1-5-2-11-9(13-5)12-3-6-7(4-12)8(6)10/h2,6-8H,3-4,10H2,1H3. The molecule has 1 aliphatic carbocycles. The van der Waals surface area contributed by atoms with Crippen molar-refractivity contribution in [1.82, 2.24) is 4.98 Å². The predicted octanol–water partition coefficient (Wildman–Crippen LogP) is 0.845. The van der Waals surface area contributed by atoms with Crippen LogP contribution in [0.2, 0.25) is 0 Å². The Morgan fingerprint density at radius 1 is 1.54 bits per heavy atom. The molecule has 4 heteroatoms. The number of rotatable bonds is 1. The quantitative estimate of drug-likeness (QED) is 0.722. The van der Waals surface area contributed by atoms with Crippen LogP contribution in [0.25, 0.3) is 0 Å². The summed E-state index contributed by atoms with van der Waals surface area (Å²) in [5.74, 6) is 1.51. The molecule has 1 aromatic rings. The van der Waals surface area contributed by atoms with Crippen LogP contribution in [0.4, 0.5) is 5.13 Å². The molecule has 3 nitrogen and oxygen atoms in total. The summed E-state index contributed by atoms with van der Waals surface area (Å²) in [6, 6.07) is 0.484. The van der Waals surface area contributed by atoms with Crippen LogP contribution in [0.15, 0.2) is 6.20 Å². The Morgan fingerprint density at radius 2 is 2.23 bits per heavy atom. The van der Waals surface area contributed by atoms with E-state index >= 15 is 0 Å². The molecule has 2 fully saturated rings. The lowest BCUT2D eigenvalue weighted by atomic mass is 10.4. The minimum Gasteiger partial charge on any atom is -0.347 e. The van der Waals surface area contributed by atoms with E-state index in [9.17, 15) is 0 Å². The van der Waals surface area contributed by atoms with Gasteiger partial charge in [0.2, 0.25) is 0 Å². The summed E-state index contributed by atoms with van der Waals surface area (Å²) < 4.78 is 0. The molecule has 13 heavy (non-hydrogen) atoms. The van der Waals surface area contributed by atoms with Gasteiger partial charge in [-0.3, -0.25) is 0 Å². The fourth-order valence-corrected chi connectivity index (χ4v) is 2.99.